The van der Waals surface area contributed by atoms with E-state index in [0.29, 0.717) is 0 Å². The molecule has 9 heavy (non-hydrogen) atoms. The van der Waals surface area contributed by atoms with Gasteiger partial charge in [-0.2, -0.15) is 0 Å². The van der Waals surface area contributed by atoms with E-state index < -0.39 is 12.0 Å². The standard InChI is InChI=1S/C5H11NO2.Na/c1-3(2)4(6)5(7)8;/h3-4H,6H2,1-2H3,(H,7,8);/q;+1/t4-;/m0./s1. The predicted octanol–water partition coefficient (Wildman–Crippen LogP) is -2.94. The number of carboxylic acid groups (broad SMARTS) is 1. The van der Waals surface area contributed by atoms with Crippen molar-refractivity contribution in [3.05, 3.63) is 0 Å². The van der Waals surface area contributed by atoms with Crippen molar-refractivity contribution in [2.24, 2.45) is 11.7 Å². The van der Waals surface area contributed by atoms with Gasteiger partial charge in [0.25, 0.3) is 0 Å². The van der Waals surface area contributed by atoms with Gasteiger partial charge < -0.3 is 10.8 Å². The van der Waals surface area contributed by atoms with Crippen LogP contribution in [0.5, 0.6) is 0 Å². The Balaban J connectivity index is 0. The van der Waals surface area contributed by atoms with E-state index in [1.165, 1.54) is 0 Å². The van der Waals surface area contributed by atoms with Crippen molar-refractivity contribution in [2.45, 2.75) is 19.9 Å². The molecule has 4 heteroatoms. The van der Waals surface area contributed by atoms with E-state index in [1.807, 2.05) is 0 Å². The Morgan fingerprint density at radius 1 is 1.56 bits per heavy atom. The molecule has 1 atom stereocenters. The molecule has 0 rings (SSSR count). The van der Waals surface area contributed by atoms with E-state index in [4.69, 9.17) is 10.8 Å². The number of hydrogen-bond donors (Lipinski definition) is 2. The molecule has 3 N–H and O–H groups in total. The minimum absolute atomic E-state index is 0. The maximum atomic E-state index is 10.0. The zero-order valence-electron chi connectivity index (χ0n) is 6.09. The van der Waals surface area contributed by atoms with Crippen molar-refractivity contribution in [3.8, 4) is 0 Å². The summed E-state index contributed by atoms with van der Waals surface area (Å²) in [5, 5.41) is 8.23. The molecule has 0 radical (unpaired) electrons. The smallest absolute Gasteiger partial charge is 0.480 e. The fourth-order valence-electron chi connectivity index (χ4n) is 0.285. The topological polar surface area (TPSA) is 63.3 Å². The first-order valence-electron chi connectivity index (χ1n) is 2.54. The van der Waals surface area contributed by atoms with E-state index in [-0.39, 0.29) is 35.5 Å². The fourth-order valence-corrected chi connectivity index (χ4v) is 0.285. The zero-order chi connectivity index (χ0) is 6.73. The van der Waals surface area contributed by atoms with Crippen LogP contribution in [-0.4, -0.2) is 17.1 Å². The first-order chi connectivity index (χ1) is 3.55. The summed E-state index contributed by atoms with van der Waals surface area (Å²) in [6.07, 6.45) is 0. The number of rotatable bonds is 2. The molecule has 0 aromatic rings. The molecule has 48 valence electrons. The van der Waals surface area contributed by atoms with E-state index in [1.54, 1.807) is 13.8 Å². The third kappa shape index (κ3) is 4.90. The summed E-state index contributed by atoms with van der Waals surface area (Å²) >= 11 is 0. The van der Waals surface area contributed by atoms with Gasteiger partial charge in [-0.1, -0.05) is 13.8 Å². The fraction of sp³-hybridized carbons (Fsp3) is 0.800. The molecule has 0 aliphatic carbocycles. The first kappa shape index (κ1) is 12.1. The molecule has 0 fully saturated rings. The van der Waals surface area contributed by atoms with Crippen LogP contribution in [0.25, 0.3) is 0 Å². The van der Waals surface area contributed by atoms with Crippen molar-refractivity contribution in [3.63, 3.8) is 0 Å². The van der Waals surface area contributed by atoms with Gasteiger partial charge >= 0.3 is 35.5 Å². The Kier molecular flexibility index (Phi) is 7.06. The molecule has 0 aromatic heterocycles. The van der Waals surface area contributed by atoms with Gasteiger partial charge in [0.2, 0.25) is 0 Å². The molecule has 0 unspecified atom stereocenters. The van der Waals surface area contributed by atoms with E-state index in [9.17, 15) is 4.79 Å². The van der Waals surface area contributed by atoms with Crippen LogP contribution < -0.4 is 35.3 Å². The quantitative estimate of drug-likeness (QED) is 0.403. The van der Waals surface area contributed by atoms with Crippen molar-refractivity contribution in [1.29, 1.82) is 0 Å². The zero-order valence-corrected chi connectivity index (χ0v) is 8.09. The summed E-state index contributed by atoms with van der Waals surface area (Å²) in [5.41, 5.74) is 5.16. The monoisotopic (exact) mass is 140 g/mol. The van der Waals surface area contributed by atoms with E-state index >= 15 is 0 Å². The molecule has 0 spiro atoms. The molecular formula is C5H11NNaO2+. The van der Waals surface area contributed by atoms with Crippen LogP contribution in [0.2, 0.25) is 0 Å². The molecule has 0 aromatic carbocycles. The van der Waals surface area contributed by atoms with Gasteiger partial charge in [-0.05, 0) is 5.92 Å². The normalized spacial score (nSPS) is 12.4. The van der Waals surface area contributed by atoms with Gasteiger partial charge in [0, 0.05) is 0 Å². The van der Waals surface area contributed by atoms with Crippen LogP contribution in [0.1, 0.15) is 13.8 Å². The van der Waals surface area contributed by atoms with Crippen LogP contribution >= 0.6 is 0 Å². The van der Waals surface area contributed by atoms with Gasteiger partial charge in [0.1, 0.15) is 6.04 Å². The number of carboxylic acids is 1. The Morgan fingerprint density at radius 3 is 1.89 bits per heavy atom. The summed E-state index contributed by atoms with van der Waals surface area (Å²) in [4.78, 5) is 10.0. The second-order valence-electron chi connectivity index (χ2n) is 2.11. The average molecular weight is 140 g/mol. The number of carbonyl (C=O) groups is 1. The van der Waals surface area contributed by atoms with Crippen LogP contribution in [0, 0.1) is 5.92 Å². The molecular weight excluding hydrogens is 129 g/mol. The van der Waals surface area contributed by atoms with Crippen LogP contribution in [0.15, 0.2) is 0 Å². The van der Waals surface area contributed by atoms with E-state index in [2.05, 4.69) is 0 Å². The number of hydrogen-bond acceptors (Lipinski definition) is 2. The summed E-state index contributed by atoms with van der Waals surface area (Å²) in [7, 11) is 0. The van der Waals surface area contributed by atoms with Gasteiger partial charge in [0.05, 0.1) is 0 Å². The second-order valence-corrected chi connectivity index (χ2v) is 2.11. The molecule has 0 aliphatic heterocycles. The van der Waals surface area contributed by atoms with Crippen molar-refractivity contribution < 1.29 is 39.5 Å². The summed E-state index contributed by atoms with van der Waals surface area (Å²) in [6, 6.07) is -0.713. The van der Waals surface area contributed by atoms with Gasteiger partial charge in [-0.15, -0.1) is 0 Å². The van der Waals surface area contributed by atoms with Gasteiger partial charge in [0.15, 0.2) is 0 Å². The molecule has 0 aliphatic rings. The van der Waals surface area contributed by atoms with Crippen LogP contribution in [0.3, 0.4) is 0 Å². The SMILES string of the molecule is CC(C)[C@H](N)C(=O)O.[Na+]. The summed E-state index contributed by atoms with van der Waals surface area (Å²) in [6.45, 7) is 3.55. The Bertz CT molecular complexity index is 95.0. The molecule has 0 amide bonds. The Hall–Kier alpha value is 0.430. The first-order valence-corrected chi connectivity index (χ1v) is 2.54. The van der Waals surface area contributed by atoms with Crippen molar-refractivity contribution in [2.75, 3.05) is 0 Å². The van der Waals surface area contributed by atoms with Gasteiger partial charge in [-0.3, -0.25) is 4.79 Å². The molecule has 0 heterocycles. The third-order valence-electron chi connectivity index (χ3n) is 1.00. The second kappa shape index (κ2) is 5.23. The summed E-state index contributed by atoms with van der Waals surface area (Å²) in [5.74, 6) is -0.910. The minimum Gasteiger partial charge on any atom is -0.480 e. The Labute approximate surface area is 76.9 Å². The maximum Gasteiger partial charge on any atom is 1.00 e. The van der Waals surface area contributed by atoms with Crippen molar-refractivity contribution in [1.82, 2.24) is 0 Å². The molecule has 0 saturated carbocycles. The summed E-state index contributed by atoms with van der Waals surface area (Å²) < 4.78 is 0. The van der Waals surface area contributed by atoms with Crippen LogP contribution in [-0.2, 0) is 4.79 Å². The number of nitrogens with two attached hydrogens (primary N) is 1. The van der Waals surface area contributed by atoms with E-state index in [0.717, 1.165) is 0 Å². The Morgan fingerprint density at radius 2 is 1.89 bits per heavy atom. The predicted molar refractivity (Wildman–Crippen MR) is 30.4 cm³/mol. The average Bonchev–Trinajstić information content (AvgIpc) is 1.64. The van der Waals surface area contributed by atoms with Crippen LogP contribution in [0.4, 0.5) is 0 Å². The van der Waals surface area contributed by atoms with Crippen molar-refractivity contribution >= 4 is 5.97 Å². The third-order valence-corrected chi connectivity index (χ3v) is 1.00. The number of aliphatic carboxylic acids is 1. The largest absolute Gasteiger partial charge is 1.00 e. The molecule has 0 bridgehead atoms. The van der Waals surface area contributed by atoms with Gasteiger partial charge in [-0.25, -0.2) is 0 Å². The maximum absolute atomic E-state index is 10.0. The molecule has 3 nitrogen and oxygen atoms in total. The minimum atomic E-state index is -0.931. The molecule has 0 saturated heterocycles.